The lowest BCUT2D eigenvalue weighted by Crippen LogP contribution is -2.36. The molecule has 1 aliphatic heterocycles. The number of unbranched alkanes of at least 4 members (excludes halogenated alkanes) is 1. The predicted octanol–water partition coefficient (Wildman–Crippen LogP) is 2.70. The highest BCUT2D eigenvalue weighted by atomic mass is 19.1. The Balaban J connectivity index is 2.03. The molecule has 2 rings (SSSR count). The summed E-state index contributed by atoms with van der Waals surface area (Å²) in [6.45, 7) is 4.10. The summed E-state index contributed by atoms with van der Waals surface area (Å²) >= 11 is 0. The summed E-state index contributed by atoms with van der Waals surface area (Å²) < 4.78 is 13.7. The quantitative estimate of drug-likeness (QED) is 0.871. The average Bonchev–Trinajstić information content (AvgIpc) is 2.68. The van der Waals surface area contributed by atoms with Crippen LogP contribution in [0.3, 0.4) is 0 Å². The molecule has 94 valence electrons. The summed E-state index contributed by atoms with van der Waals surface area (Å²) in [6.07, 6.45) is 3.29. The molecule has 0 bridgehead atoms. The van der Waals surface area contributed by atoms with Crippen molar-refractivity contribution in [1.82, 2.24) is 4.90 Å². The van der Waals surface area contributed by atoms with Gasteiger partial charge in [-0.25, -0.2) is 4.39 Å². The fourth-order valence-electron chi connectivity index (χ4n) is 2.58. The van der Waals surface area contributed by atoms with Crippen molar-refractivity contribution >= 4 is 0 Å². The van der Waals surface area contributed by atoms with Gasteiger partial charge in [0.05, 0.1) is 6.17 Å². The maximum absolute atomic E-state index is 13.7. The summed E-state index contributed by atoms with van der Waals surface area (Å²) in [5, 5.41) is 0. The summed E-state index contributed by atoms with van der Waals surface area (Å²) in [5.41, 5.74) is 6.92. The van der Waals surface area contributed by atoms with Crippen LogP contribution in [0, 0.1) is 5.82 Å². The molecule has 2 N–H and O–H groups in total. The number of benzene rings is 1. The fourth-order valence-corrected chi connectivity index (χ4v) is 2.58. The van der Waals surface area contributed by atoms with E-state index in [2.05, 4.69) is 11.8 Å². The maximum atomic E-state index is 13.7. The van der Waals surface area contributed by atoms with Crippen molar-refractivity contribution in [2.75, 3.05) is 13.1 Å². The lowest BCUT2D eigenvalue weighted by Gasteiger charge is -2.20. The number of hydrogen-bond acceptors (Lipinski definition) is 2. The highest BCUT2D eigenvalue weighted by Crippen LogP contribution is 2.31. The number of halogens is 1. The van der Waals surface area contributed by atoms with Gasteiger partial charge in [-0.1, -0.05) is 31.5 Å². The lowest BCUT2D eigenvalue weighted by molar-refractivity contribution is 0.254. The minimum Gasteiger partial charge on any atom is -0.316 e. The zero-order valence-corrected chi connectivity index (χ0v) is 10.4. The van der Waals surface area contributed by atoms with Crippen LogP contribution in [0.15, 0.2) is 24.3 Å². The van der Waals surface area contributed by atoms with Gasteiger partial charge in [0.25, 0.3) is 0 Å². The third-order valence-corrected chi connectivity index (χ3v) is 3.59. The maximum Gasteiger partial charge on any atom is 0.126 e. The van der Waals surface area contributed by atoms with Crippen molar-refractivity contribution in [2.24, 2.45) is 5.73 Å². The van der Waals surface area contributed by atoms with Crippen molar-refractivity contribution in [3.8, 4) is 0 Å². The first kappa shape index (κ1) is 12.5. The van der Waals surface area contributed by atoms with E-state index in [9.17, 15) is 4.39 Å². The van der Waals surface area contributed by atoms with E-state index in [0.717, 1.165) is 31.5 Å². The fraction of sp³-hybridized carbons (Fsp3) is 0.571. The second kappa shape index (κ2) is 5.61. The third kappa shape index (κ3) is 2.85. The second-order valence-electron chi connectivity index (χ2n) is 4.87. The third-order valence-electron chi connectivity index (χ3n) is 3.59. The molecule has 1 aromatic carbocycles. The van der Waals surface area contributed by atoms with Crippen LogP contribution in [0.5, 0.6) is 0 Å². The number of nitrogens with zero attached hydrogens (tertiary/aromatic N) is 1. The molecule has 0 saturated carbocycles. The zero-order valence-electron chi connectivity index (χ0n) is 10.4. The average molecular weight is 236 g/mol. The van der Waals surface area contributed by atoms with E-state index in [-0.39, 0.29) is 17.9 Å². The Hall–Kier alpha value is -0.930. The van der Waals surface area contributed by atoms with Crippen LogP contribution >= 0.6 is 0 Å². The Morgan fingerprint density at radius 2 is 2.18 bits per heavy atom. The van der Waals surface area contributed by atoms with Crippen LogP contribution in [0.4, 0.5) is 4.39 Å². The molecular weight excluding hydrogens is 215 g/mol. The molecule has 1 fully saturated rings. The van der Waals surface area contributed by atoms with E-state index in [0.29, 0.717) is 0 Å². The van der Waals surface area contributed by atoms with Crippen LogP contribution in [0.25, 0.3) is 0 Å². The molecule has 2 atom stereocenters. The van der Waals surface area contributed by atoms with Crippen molar-refractivity contribution in [2.45, 2.75) is 38.3 Å². The first-order valence-electron chi connectivity index (χ1n) is 6.46. The largest absolute Gasteiger partial charge is 0.316 e. The molecular formula is C14H21FN2. The Kier molecular flexibility index (Phi) is 4.13. The van der Waals surface area contributed by atoms with E-state index in [1.54, 1.807) is 6.07 Å². The highest BCUT2D eigenvalue weighted by molar-refractivity contribution is 5.23. The summed E-state index contributed by atoms with van der Waals surface area (Å²) in [6, 6.07) is 7.06. The predicted molar refractivity (Wildman–Crippen MR) is 68.2 cm³/mol. The Morgan fingerprint density at radius 3 is 2.88 bits per heavy atom. The van der Waals surface area contributed by atoms with E-state index >= 15 is 0 Å². The SMILES string of the molecule is CCCCN1CC(c2ccccc2F)CC1N. The Bertz CT molecular complexity index is 367. The van der Waals surface area contributed by atoms with Gasteiger partial charge in [-0.2, -0.15) is 0 Å². The van der Waals surface area contributed by atoms with Gasteiger partial charge in [0.1, 0.15) is 5.82 Å². The van der Waals surface area contributed by atoms with E-state index in [1.807, 2.05) is 12.1 Å². The molecule has 3 heteroatoms. The van der Waals surface area contributed by atoms with Gasteiger partial charge in [-0.05, 0) is 31.0 Å². The summed E-state index contributed by atoms with van der Waals surface area (Å²) in [4.78, 5) is 2.28. The Labute approximate surface area is 103 Å². The molecule has 1 aliphatic rings. The van der Waals surface area contributed by atoms with E-state index in [4.69, 9.17) is 5.73 Å². The molecule has 2 nitrogen and oxygen atoms in total. The number of hydrogen-bond donors (Lipinski definition) is 1. The molecule has 1 saturated heterocycles. The molecule has 0 amide bonds. The first-order chi connectivity index (χ1) is 8.22. The van der Waals surface area contributed by atoms with Gasteiger partial charge < -0.3 is 5.73 Å². The van der Waals surface area contributed by atoms with Gasteiger partial charge in [0, 0.05) is 12.5 Å². The molecule has 1 aromatic rings. The molecule has 0 aliphatic carbocycles. The molecule has 0 aromatic heterocycles. The zero-order chi connectivity index (χ0) is 12.3. The van der Waals surface area contributed by atoms with Gasteiger partial charge >= 0.3 is 0 Å². The standard InChI is InChI=1S/C14H21FN2/c1-2-3-8-17-10-11(9-14(17)16)12-6-4-5-7-13(12)15/h4-7,11,14H,2-3,8-10,16H2,1H3. The summed E-state index contributed by atoms with van der Waals surface area (Å²) in [5.74, 6) is 0.157. The van der Waals surface area contributed by atoms with Crippen molar-refractivity contribution in [1.29, 1.82) is 0 Å². The van der Waals surface area contributed by atoms with Crippen LogP contribution < -0.4 is 5.73 Å². The molecule has 1 heterocycles. The van der Waals surface area contributed by atoms with Gasteiger partial charge in [0.2, 0.25) is 0 Å². The van der Waals surface area contributed by atoms with Crippen molar-refractivity contribution < 1.29 is 4.39 Å². The minimum atomic E-state index is -0.0953. The van der Waals surface area contributed by atoms with Crippen LogP contribution in [0.1, 0.15) is 37.7 Å². The summed E-state index contributed by atoms with van der Waals surface area (Å²) in [7, 11) is 0. The second-order valence-corrected chi connectivity index (χ2v) is 4.87. The molecule has 17 heavy (non-hydrogen) atoms. The molecule has 0 radical (unpaired) electrons. The van der Waals surface area contributed by atoms with Gasteiger partial charge in [-0.3, -0.25) is 4.90 Å². The van der Waals surface area contributed by atoms with Crippen molar-refractivity contribution in [3.63, 3.8) is 0 Å². The van der Waals surface area contributed by atoms with E-state index < -0.39 is 0 Å². The lowest BCUT2D eigenvalue weighted by atomic mass is 9.97. The number of rotatable bonds is 4. The molecule has 2 unspecified atom stereocenters. The number of nitrogens with two attached hydrogens (primary N) is 1. The normalized spacial score (nSPS) is 25.4. The van der Waals surface area contributed by atoms with Crippen LogP contribution in [-0.2, 0) is 0 Å². The smallest absolute Gasteiger partial charge is 0.126 e. The minimum absolute atomic E-state index is 0.0890. The van der Waals surface area contributed by atoms with E-state index in [1.165, 1.54) is 12.5 Å². The van der Waals surface area contributed by atoms with Crippen LogP contribution in [-0.4, -0.2) is 24.2 Å². The van der Waals surface area contributed by atoms with Crippen molar-refractivity contribution in [3.05, 3.63) is 35.6 Å². The monoisotopic (exact) mass is 236 g/mol. The Morgan fingerprint density at radius 1 is 1.41 bits per heavy atom. The van der Waals surface area contributed by atoms with Crippen LogP contribution in [0.2, 0.25) is 0 Å². The molecule has 0 spiro atoms. The first-order valence-corrected chi connectivity index (χ1v) is 6.46. The van der Waals surface area contributed by atoms with Gasteiger partial charge in [0.15, 0.2) is 0 Å². The van der Waals surface area contributed by atoms with Gasteiger partial charge in [-0.15, -0.1) is 0 Å². The number of likely N-dealkylation sites (tertiary alicyclic amines) is 1. The topological polar surface area (TPSA) is 29.3 Å². The highest BCUT2D eigenvalue weighted by Gasteiger charge is 2.31.